The van der Waals surface area contributed by atoms with Crippen LogP contribution in [0.5, 0.6) is 0 Å². The first kappa shape index (κ1) is 18.5. The van der Waals surface area contributed by atoms with Gasteiger partial charge in [-0.3, -0.25) is 9.89 Å². The van der Waals surface area contributed by atoms with Crippen LogP contribution in [0.4, 0.5) is 0 Å². The minimum absolute atomic E-state index is 0.0645. The van der Waals surface area contributed by atoms with Crippen LogP contribution < -0.4 is 5.32 Å². The van der Waals surface area contributed by atoms with Gasteiger partial charge in [0.2, 0.25) is 0 Å². The van der Waals surface area contributed by atoms with Crippen molar-refractivity contribution in [1.82, 2.24) is 15.1 Å². The van der Waals surface area contributed by atoms with Crippen molar-refractivity contribution < 1.29 is 4.74 Å². The molecule has 0 atom stereocenters. The Balaban J connectivity index is 2.07. The van der Waals surface area contributed by atoms with Gasteiger partial charge in [0.25, 0.3) is 0 Å². The fourth-order valence-electron chi connectivity index (χ4n) is 3.33. The van der Waals surface area contributed by atoms with Gasteiger partial charge in [0, 0.05) is 42.7 Å². The molecule has 2 saturated heterocycles. The summed E-state index contributed by atoms with van der Waals surface area (Å²) in [4.78, 5) is 9.91. The molecule has 2 fully saturated rings. The molecule has 5 nitrogen and oxygen atoms in total. The lowest BCUT2D eigenvalue weighted by molar-refractivity contribution is -0.0670. The van der Waals surface area contributed by atoms with Gasteiger partial charge in [0.15, 0.2) is 5.96 Å². The summed E-state index contributed by atoms with van der Waals surface area (Å²) in [6, 6.07) is 0. The first-order chi connectivity index (χ1) is 10.6. The van der Waals surface area contributed by atoms with Crippen molar-refractivity contribution in [3.05, 3.63) is 0 Å². The Kier molecular flexibility index (Phi) is 5.31. The van der Waals surface area contributed by atoms with E-state index in [1.165, 1.54) is 0 Å². The molecule has 0 unspecified atom stereocenters. The highest BCUT2D eigenvalue weighted by atomic mass is 16.5. The van der Waals surface area contributed by atoms with E-state index in [1.807, 2.05) is 0 Å². The number of ether oxygens (including phenoxy) is 1. The van der Waals surface area contributed by atoms with Crippen LogP contribution in [-0.4, -0.2) is 72.8 Å². The Morgan fingerprint density at radius 3 is 2.26 bits per heavy atom. The fourth-order valence-corrected chi connectivity index (χ4v) is 3.33. The third-order valence-electron chi connectivity index (χ3n) is 5.96. The van der Waals surface area contributed by atoms with Gasteiger partial charge in [-0.1, -0.05) is 13.8 Å². The van der Waals surface area contributed by atoms with Gasteiger partial charge >= 0.3 is 0 Å². The summed E-state index contributed by atoms with van der Waals surface area (Å²) in [6.07, 6.45) is 0. The Bertz CT molecular complexity index is 436. The smallest absolute Gasteiger partial charge is 0.194 e. The number of nitrogens with one attached hydrogen (secondary N) is 1. The number of aliphatic imine (C=N–C) groups is 1. The van der Waals surface area contributed by atoms with Crippen LogP contribution in [0.1, 0.15) is 48.5 Å². The first-order valence-corrected chi connectivity index (χ1v) is 9.00. The molecule has 0 amide bonds. The maximum Gasteiger partial charge on any atom is 0.194 e. The lowest BCUT2D eigenvalue weighted by Gasteiger charge is -2.62. The minimum Gasteiger partial charge on any atom is -0.379 e. The van der Waals surface area contributed by atoms with Crippen LogP contribution in [0.3, 0.4) is 0 Å². The van der Waals surface area contributed by atoms with E-state index in [0.717, 1.165) is 51.9 Å². The van der Waals surface area contributed by atoms with Crippen LogP contribution in [0.25, 0.3) is 0 Å². The van der Waals surface area contributed by atoms with Crippen molar-refractivity contribution in [1.29, 1.82) is 0 Å². The molecule has 2 aliphatic heterocycles. The molecule has 1 N–H and O–H groups in total. The van der Waals surface area contributed by atoms with Crippen LogP contribution in [-0.2, 0) is 4.74 Å². The zero-order chi connectivity index (χ0) is 17.3. The molecule has 2 rings (SSSR count). The first-order valence-electron chi connectivity index (χ1n) is 9.00. The lowest BCUT2D eigenvalue weighted by Crippen LogP contribution is -2.72. The predicted octanol–water partition coefficient (Wildman–Crippen LogP) is 2.18. The molecule has 134 valence electrons. The van der Waals surface area contributed by atoms with E-state index in [0.29, 0.717) is 5.41 Å². The average molecular weight is 325 g/mol. The molecule has 2 aliphatic rings. The minimum atomic E-state index is 0.0645. The molecule has 0 aromatic rings. The highest BCUT2D eigenvalue weighted by molar-refractivity contribution is 5.82. The van der Waals surface area contributed by atoms with Crippen LogP contribution in [0.15, 0.2) is 4.99 Å². The van der Waals surface area contributed by atoms with Gasteiger partial charge in [0.1, 0.15) is 0 Å². The van der Waals surface area contributed by atoms with Crippen molar-refractivity contribution >= 4 is 5.96 Å². The fraction of sp³-hybridized carbons (Fsp3) is 0.944. The van der Waals surface area contributed by atoms with Crippen molar-refractivity contribution in [2.24, 2.45) is 10.4 Å². The molecule has 0 aromatic carbocycles. The number of nitrogens with zero attached hydrogens (tertiary/aromatic N) is 3. The molecule has 0 spiro atoms. The number of likely N-dealkylation sites (tertiary alicyclic amines) is 1. The van der Waals surface area contributed by atoms with Crippen molar-refractivity contribution in [2.45, 2.75) is 59.5 Å². The van der Waals surface area contributed by atoms with Crippen LogP contribution in [0.2, 0.25) is 0 Å². The summed E-state index contributed by atoms with van der Waals surface area (Å²) in [6.45, 7) is 22.5. The molecule has 0 bridgehead atoms. The Hall–Kier alpha value is -0.810. The third kappa shape index (κ3) is 3.66. The molecule has 0 saturated carbocycles. The summed E-state index contributed by atoms with van der Waals surface area (Å²) < 4.78 is 5.48. The monoisotopic (exact) mass is 324 g/mol. The Labute approximate surface area is 142 Å². The van der Waals surface area contributed by atoms with Gasteiger partial charge in [-0.25, -0.2) is 0 Å². The van der Waals surface area contributed by atoms with Crippen molar-refractivity contribution in [3.8, 4) is 0 Å². The SMILES string of the molecule is CCNC(=NCC(C)(C)N1CCOCC1)N1CC(C)(C)C1(C)C. The highest BCUT2D eigenvalue weighted by Gasteiger charge is 2.53. The van der Waals surface area contributed by atoms with Crippen LogP contribution >= 0.6 is 0 Å². The normalized spacial score (nSPS) is 25.2. The molecule has 5 heteroatoms. The molecule has 0 aliphatic carbocycles. The summed E-state index contributed by atoms with van der Waals surface area (Å²) in [5.41, 5.74) is 0.523. The van der Waals surface area contributed by atoms with E-state index >= 15 is 0 Å². The summed E-state index contributed by atoms with van der Waals surface area (Å²) >= 11 is 0. The second kappa shape index (κ2) is 6.60. The molecular weight excluding hydrogens is 288 g/mol. The summed E-state index contributed by atoms with van der Waals surface area (Å²) in [5.74, 6) is 1.05. The summed E-state index contributed by atoms with van der Waals surface area (Å²) in [7, 11) is 0. The lowest BCUT2D eigenvalue weighted by atomic mass is 9.65. The molecule has 0 aromatic heterocycles. The number of hydrogen-bond donors (Lipinski definition) is 1. The second-order valence-electron chi connectivity index (χ2n) is 8.61. The maximum atomic E-state index is 5.48. The van der Waals surface area contributed by atoms with E-state index in [1.54, 1.807) is 0 Å². The van der Waals surface area contributed by atoms with Crippen LogP contribution in [0, 0.1) is 5.41 Å². The Morgan fingerprint density at radius 2 is 1.78 bits per heavy atom. The number of hydrogen-bond acceptors (Lipinski definition) is 3. The van der Waals surface area contributed by atoms with Gasteiger partial charge in [0.05, 0.1) is 19.8 Å². The summed E-state index contributed by atoms with van der Waals surface area (Å²) in [5, 5.41) is 3.49. The zero-order valence-electron chi connectivity index (χ0n) is 16.2. The van der Waals surface area contributed by atoms with E-state index in [-0.39, 0.29) is 11.1 Å². The molecule has 2 heterocycles. The topological polar surface area (TPSA) is 40.1 Å². The quantitative estimate of drug-likeness (QED) is 0.636. The average Bonchev–Trinajstić information content (AvgIpc) is 2.50. The second-order valence-corrected chi connectivity index (χ2v) is 8.61. The predicted molar refractivity (Wildman–Crippen MR) is 97.0 cm³/mol. The maximum absolute atomic E-state index is 5.48. The van der Waals surface area contributed by atoms with Crippen molar-refractivity contribution in [2.75, 3.05) is 45.9 Å². The number of rotatable bonds is 4. The standard InChI is InChI=1S/C18H36N4O/c1-8-19-15(22-14-16(2,3)18(22,6)7)20-13-17(4,5)21-9-11-23-12-10-21/h8-14H2,1-7H3,(H,19,20). The van der Waals surface area contributed by atoms with Gasteiger partial charge < -0.3 is 15.0 Å². The van der Waals surface area contributed by atoms with Gasteiger partial charge in [-0.15, -0.1) is 0 Å². The highest BCUT2D eigenvalue weighted by Crippen LogP contribution is 2.46. The molecule has 23 heavy (non-hydrogen) atoms. The number of guanidine groups is 1. The van der Waals surface area contributed by atoms with Crippen molar-refractivity contribution in [3.63, 3.8) is 0 Å². The zero-order valence-corrected chi connectivity index (χ0v) is 16.2. The molecule has 0 radical (unpaired) electrons. The number of morpholine rings is 1. The van der Waals surface area contributed by atoms with E-state index < -0.39 is 0 Å². The van der Waals surface area contributed by atoms with E-state index in [2.05, 4.69) is 63.6 Å². The largest absolute Gasteiger partial charge is 0.379 e. The third-order valence-corrected chi connectivity index (χ3v) is 5.96. The van der Waals surface area contributed by atoms with E-state index in [4.69, 9.17) is 9.73 Å². The Morgan fingerprint density at radius 1 is 1.17 bits per heavy atom. The van der Waals surface area contributed by atoms with E-state index in [9.17, 15) is 0 Å². The van der Waals surface area contributed by atoms with Gasteiger partial charge in [-0.05, 0) is 34.6 Å². The molecular formula is C18H36N4O. The van der Waals surface area contributed by atoms with Gasteiger partial charge in [-0.2, -0.15) is 0 Å².